The number of carbonyl (C=O) groups excluding carboxylic acids is 1. The molecule has 0 unspecified atom stereocenters. The van der Waals surface area contributed by atoms with Crippen molar-refractivity contribution >= 4 is 17.7 Å². The molecule has 8 heteroatoms. The van der Waals surface area contributed by atoms with Gasteiger partial charge in [0.1, 0.15) is 11.5 Å². The Morgan fingerprint density at radius 3 is 2.74 bits per heavy atom. The van der Waals surface area contributed by atoms with Crippen LogP contribution < -0.4 is 5.56 Å². The van der Waals surface area contributed by atoms with E-state index in [9.17, 15) is 14.0 Å². The summed E-state index contributed by atoms with van der Waals surface area (Å²) in [6, 6.07) is 6.20. The number of amides is 1. The van der Waals surface area contributed by atoms with Gasteiger partial charge in [0.05, 0.1) is 11.8 Å². The van der Waals surface area contributed by atoms with Crippen molar-refractivity contribution in [3.63, 3.8) is 0 Å². The average Bonchev–Trinajstić information content (AvgIpc) is 2.49. The molecule has 6 nitrogen and oxygen atoms in total. The third kappa shape index (κ3) is 3.42. The van der Waals surface area contributed by atoms with Gasteiger partial charge in [-0.05, 0) is 31.0 Å². The number of hydrogen-bond donors (Lipinski definition) is 1. The van der Waals surface area contributed by atoms with Crippen LogP contribution in [-0.2, 0) is 4.79 Å². The molecule has 0 radical (unpaired) electrons. The van der Waals surface area contributed by atoms with Crippen LogP contribution in [0.15, 0.2) is 34.2 Å². The molecule has 3 rings (SSSR count). The van der Waals surface area contributed by atoms with Gasteiger partial charge in [-0.25, -0.2) is 4.39 Å². The van der Waals surface area contributed by atoms with E-state index < -0.39 is 0 Å². The molecule has 0 aliphatic carbocycles. The zero-order valence-corrected chi connectivity index (χ0v) is 13.3. The monoisotopic (exact) mass is 334 g/mol. The van der Waals surface area contributed by atoms with Gasteiger partial charge in [0.2, 0.25) is 5.91 Å². The predicted octanol–water partition coefficient (Wildman–Crippen LogP) is 1.68. The van der Waals surface area contributed by atoms with Crippen LogP contribution in [0.1, 0.15) is 23.7 Å². The Morgan fingerprint density at radius 2 is 2.13 bits per heavy atom. The minimum atomic E-state index is -0.303. The number of halogens is 1. The highest BCUT2D eigenvalue weighted by Gasteiger charge is 2.33. The molecule has 1 saturated heterocycles. The summed E-state index contributed by atoms with van der Waals surface area (Å²) in [7, 11) is 0. The summed E-state index contributed by atoms with van der Waals surface area (Å²) in [6.07, 6.45) is 0.864. The van der Waals surface area contributed by atoms with Crippen LogP contribution >= 0.6 is 11.8 Å². The molecule has 1 aromatic heterocycles. The van der Waals surface area contributed by atoms with E-state index in [4.69, 9.17) is 0 Å². The average molecular weight is 334 g/mol. The van der Waals surface area contributed by atoms with Gasteiger partial charge < -0.3 is 4.90 Å². The van der Waals surface area contributed by atoms with Crippen molar-refractivity contribution in [3.05, 3.63) is 51.7 Å². The first-order valence-corrected chi connectivity index (χ1v) is 8.14. The maximum absolute atomic E-state index is 13.0. The lowest BCUT2D eigenvalue weighted by molar-refractivity contribution is -0.136. The number of rotatable bonds is 4. The lowest BCUT2D eigenvalue weighted by Gasteiger charge is -2.41. The molecule has 0 saturated carbocycles. The van der Waals surface area contributed by atoms with Crippen molar-refractivity contribution in [1.82, 2.24) is 20.1 Å². The molecular weight excluding hydrogens is 319 g/mol. The van der Waals surface area contributed by atoms with Crippen molar-refractivity contribution in [2.45, 2.75) is 24.5 Å². The number of nitrogens with zero attached hydrogens (tertiary/aromatic N) is 3. The normalized spacial score (nSPS) is 17.0. The van der Waals surface area contributed by atoms with E-state index in [1.807, 2.05) is 0 Å². The zero-order valence-electron chi connectivity index (χ0n) is 12.5. The maximum atomic E-state index is 13.0. The highest BCUT2D eigenvalue weighted by Crippen LogP contribution is 2.33. The van der Waals surface area contributed by atoms with Crippen LogP contribution in [0.2, 0.25) is 0 Å². The number of likely N-dealkylation sites (tertiary alicyclic amines) is 1. The Balaban J connectivity index is 1.61. The van der Waals surface area contributed by atoms with E-state index in [2.05, 4.69) is 15.2 Å². The van der Waals surface area contributed by atoms with Gasteiger partial charge in [-0.1, -0.05) is 23.9 Å². The Labute approximate surface area is 136 Å². The highest BCUT2D eigenvalue weighted by molar-refractivity contribution is 7.99. The summed E-state index contributed by atoms with van der Waals surface area (Å²) in [5.41, 5.74) is 0.919. The summed E-state index contributed by atoms with van der Waals surface area (Å²) < 4.78 is 13.0. The molecule has 0 spiro atoms. The molecular formula is C15H15FN4O2S. The van der Waals surface area contributed by atoms with E-state index in [1.54, 1.807) is 24.0 Å². The van der Waals surface area contributed by atoms with Crippen molar-refractivity contribution in [3.8, 4) is 0 Å². The number of carbonyl (C=O) groups is 1. The van der Waals surface area contributed by atoms with Crippen molar-refractivity contribution < 1.29 is 9.18 Å². The van der Waals surface area contributed by atoms with Crippen molar-refractivity contribution in [1.29, 1.82) is 0 Å². The first-order valence-electron chi connectivity index (χ1n) is 7.16. The molecule has 1 fully saturated rings. The van der Waals surface area contributed by atoms with Crippen LogP contribution in [0.4, 0.5) is 4.39 Å². The molecule has 1 aliphatic heterocycles. The number of aryl methyl sites for hydroxylation is 1. The van der Waals surface area contributed by atoms with E-state index in [-0.39, 0.29) is 29.1 Å². The second-order valence-corrected chi connectivity index (χ2v) is 6.24. The SMILES string of the molecule is Cc1nnc(SCC(=O)N2CC[C@H]2c2ccc(F)cc2)[nH]c1=O. The lowest BCUT2D eigenvalue weighted by Crippen LogP contribution is -2.46. The largest absolute Gasteiger partial charge is 0.335 e. The topological polar surface area (TPSA) is 79.0 Å². The van der Waals surface area contributed by atoms with E-state index in [1.165, 1.54) is 12.1 Å². The molecule has 1 amide bonds. The molecule has 1 aliphatic rings. The number of nitrogens with one attached hydrogen (secondary N) is 1. The Morgan fingerprint density at radius 1 is 1.39 bits per heavy atom. The van der Waals surface area contributed by atoms with Crippen molar-refractivity contribution in [2.24, 2.45) is 0 Å². The standard InChI is InChI=1S/C15H15FN4O2S/c1-9-14(22)17-15(19-18-9)23-8-13(21)20-7-6-12(20)10-2-4-11(16)5-3-10/h2-5,12H,6-8H2,1H3,(H,17,19,22)/t12-/m0/s1. The van der Waals surface area contributed by atoms with Crippen LogP contribution in [-0.4, -0.2) is 38.3 Å². The molecule has 1 N–H and O–H groups in total. The van der Waals surface area contributed by atoms with Gasteiger partial charge in [0, 0.05) is 6.54 Å². The molecule has 2 aromatic rings. The van der Waals surface area contributed by atoms with Gasteiger partial charge >= 0.3 is 0 Å². The Kier molecular flexibility index (Phi) is 4.42. The van der Waals surface area contributed by atoms with Crippen LogP contribution in [0.25, 0.3) is 0 Å². The van der Waals surface area contributed by atoms with Gasteiger partial charge in [0.25, 0.3) is 5.56 Å². The van der Waals surface area contributed by atoms with E-state index in [0.717, 1.165) is 23.7 Å². The number of aromatic amines is 1. The Bertz CT molecular complexity index is 778. The van der Waals surface area contributed by atoms with E-state index in [0.29, 0.717) is 17.4 Å². The fraction of sp³-hybridized carbons (Fsp3) is 0.333. The van der Waals surface area contributed by atoms with Gasteiger partial charge in [-0.3, -0.25) is 14.6 Å². The number of hydrogen-bond acceptors (Lipinski definition) is 5. The molecule has 0 bridgehead atoms. The second-order valence-electron chi connectivity index (χ2n) is 5.28. The van der Waals surface area contributed by atoms with Crippen LogP contribution in [0.3, 0.4) is 0 Å². The van der Waals surface area contributed by atoms with Crippen LogP contribution in [0, 0.1) is 12.7 Å². The third-order valence-electron chi connectivity index (χ3n) is 3.77. The summed E-state index contributed by atoms with van der Waals surface area (Å²) in [5.74, 6) is -0.159. The van der Waals surface area contributed by atoms with E-state index >= 15 is 0 Å². The first-order chi connectivity index (χ1) is 11.0. The van der Waals surface area contributed by atoms with Gasteiger partial charge in [0.15, 0.2) is 5.16 Å². The smallest absolute Gasteiger partial charge is 0.273 e. The number of thioether (sulfide) groups is 1. The number of H-pyrrole nitrogens is 1. The lowest BCUT2D eigenvalue weighted by atomic mass is 9.95. The summed E-state index contributed by atoms with van der Waals surface area (Å²) in [6.45, 7) is 2.25. The quantitative estimate of drug-likeness (QED) is 0.861. The molecule has 2 heterocycles. The molecule has 1 atom stereocenters. The molecule has 23 heavy (non-hydrogen) atoms. The van der Waals surface area contributed by atoms with Crippen LogP contribution in [0.5, 0.6) is 0 Å². The Hall–Kier alpha value is -2.22. The third-order valence-corrected chi connectivity index (χ3v) is 4.62. The maximum Gasteiger partial charge on any atom is 0.273 e. The summed E-state index contributed by atoms with van der Waals surface area (Å²) in [5, 5.41) is 7.90. The van der Waals surface area contributed by atoms with Crippen molar-refractivity contribution in [2.75, 3.05) is 12.3 Å². The fourth-order valence-corrected chi connectivity index (χ4v) is 3.06. The van der Waals surface area contributed by atoms with Gasteiger partial charge in [-0.15, -0.1) is 10.2 Å². The second kappa shape index (κ2) is 6.49. The number of benzene rings is 1. The minimum absolute atomic E-state index is 0.00755. The van der Waals surface area contributed by atoms with Gasteiger partial charge in [-0.2, -0.15) is 0 Å². The highest BCUT2D eigenvalue weighted by atomic mass is 32.2. The number of aromatic nitrogens is 3. The summed E-state index contributed by atoms with van der Waals surface area (Å²) in [4.78, 5) is 28.1. The fourth-order valence-electron chi connectivity index (χ4n) is 2.37. The summed E-state index contributed by atoms with van der Waals surface area (Å²) >= 11 is 1.15. The zero-order chi connectivity index (χ0) is 16.4. The first kappa shape index (κ1) is 15.7. The molecule has 1 aromatic carbocycles. The molecule has 120 valence electrons. The predicted molar refractivity (Wildman–Crippen MR) is 83.6 cm³/mol. The minimum Gasteiger partial charge on any atom is -0.335 e.